The number of aromatic amines is 1. The molecule has 1 aromatic heterocycles. The van der Waals surface area contributed by atoms with Crippen LogP contribution in [0.5, 0.6) is 11.5 Å². The van der Waals surface area contributed by atoms with E-state index in [1.807, 2.05) is 6.07 Å². The zero-order valence-corrected chi connectivity index (χ0v) is 14.6. The number of carboxylic acids is 1. The molecule has 1 heterocycles. The summed E-state index contributed by atoms with van der Waals surface area (Å²) in [6.45, 7) is 3.35. The first kappa shape index (κ1) is 19.3. The molecule has 0 saturated heterocycles. The van der Waals surface area contributed by atoms with Crippen LogP contribution < -0.4 is 20.8 Å². The van der Waals surface area contributed by atoms with Crippen molar-refractivity contribution in [2.24, 2.45) is 0 Å². The molecular formula is C18H16N4O5. The fraction of sp³-hybridized carbons (Fsp3) is 0.222. The molecule has 1 unspecified atom stereocenters. The van der Waals surface area contributed by atoms with Crippen LogP contribution in [-0.4, -0.2) is 28.8 Å². The Kier molecular flexibility index (Phi) is 5.68. The van der Waals surface area contributed by atoms with Crippen LogP contribution in [0.2, 0.25) is 0 Å². The van der Waals surface area contributed by atoms with E-state index in [2.05, 4.69) is 4.98 Å². The van der Waals surface area contributed by atoms with E-state index in [9.17, 15) is 20.1 Å². The molecule has 2 rings (SSSR count). The van der Waals surface area contributed by atoms with Gasteiger partial charge in [0.1, 0.15) is 29.1 Å². The predicted octanol–water partition coefficient (Wildman–Crippen LogP) is 1.62. The largest absolute Gasteiger partial charge is 0.490 e. The van der Waals surface area contributed by atoms with Crippen molar-refractivity contribution in [1.29, 1.82) is 10.5 Å². The molecule has 9 nitrogen and oxygen atoms in total. The van der Waals surface area contributed by atoms with Gasteiger partial charge in [0.05, 0.1) is 6.61 Å². The Hall–Kier alpha value is -3.98. The Morgan fingerprint density at radius 2 is 1.96 bits per heavy atom. The van der Waals surface area contributed by atoms with Crippen LogP contribution in [0.15, 0.2) is 23.0 Å². The summed E-state index contributed by atoms with van der Waals surface area (Å²) in [5.74, 6) is -0.934. The first-order valence-electron chi connectivity index (χ1n) is 7.86. The van der Waals surface area contributed by atoms with Crippen molar-refractivity contribution < 1.29 is 19.4 Å². The molecule has 2 aromatic rings. The number of nitrogens with zero attached hydrogens (tertiary/aromatic N) is 2. The molecule has 4 N–H and O–H groups in total. The molecule has 0 aliphatic carbocycles. The van der Waals surface area contributed by atoms with Gasteiger partial charge in [-0.1, -0.05) is 6.07 Å². The number of hydrogen-bond acceptors (Lipinski definition) is 7. The topological polar surface area (TPSA) is 162 Å². The number of ether oxygens (including phenoxy) is 2. The lowest BCUT2D eigenvalue weighted by atomic mass is 9.96. The number of nitrogens with two attached hydrogens (primary N) is 1. The van der Waals surface area contributed by atoms with E-state index in [1.54, 1.807) is 13.0 Å². The van der Waals surface area contributed by atoms with Crippen molar-refractivity contribution in [2.75, 3.05) is 12.3 Å². The summed E-state index contributed by atoms with van der Waals surface area (Å²) in [5.41, 5.74) is 5.07. The molecule has 0 aliphatic rings. The van der Waals surface area contributed by atoms with Gasteiger partial charge in [0.15, 0.2) is 17.6 Å². The number of rotatable bonds is 6. The lowest BCUT2D eigenvalue weighted by molar-refractivity contribution is -0.144. The minimum absolute atomic E-state index is 0.0545. The number of pyridine rings is 1. The molecule has 9 heteroatoms. The van der Waals surface area contributed by atoms with Crippen molar-refractivity contribution in [3.63, 3.8) is 0 Å². The van der Waals surface area contributed by atoms with Crippen molar-refractivity contribution in [1.82, 2.24) is 4.98 Å². The SMILES string of the molecule is CCOc1cc(-c2c(C#N)c(N)[nH]c(=O)c2C#N)ccc1OC(C)C(=O)O. The quantitative estimate of drug-likeness (QED) is 0.692. The maximum Gasteiger partial charge on any atom is 0.344 e. The maximum atomic E-state index is 12.0. The van der Waals surface area contributed by atoms with E-state index < -0.39 is 17.6 Å². The van der Waals surface area contributed by atoms with E-state index in [0.29, 0.717) is 5.56 Å². The summed E-state index contributed by atoms with van der Waals surface area (Å²) < 4.78 is 10.9. The molecule has 0 aliphatic heterocycles. The lowest BCUT2D eigenvalue weighted by Crippen LogP contribution is -2.23. The smallest absolute Gasteiger partial charge is 0.344 e. The monoisotopic (exact) mass is 368 g/mol. The Balaban J connectivity index is 2.70. The predicted molar refractivity (Wildman–Crippen MR) is 95.2 cm³/mol. The van der Waals surface area contributed by atoms with Crippen LogP contribution in [0.1, 0.15) is 25.0 Å². The van der Waals surface area contributed by atoms with Crippen LogP contribution in [0, 0.1) is 22.7 Å². The molecule has 0 spiro atoms. The van der Waals surface area contributed by atoms with Crippen LogP contribution in [0.3, 0.4) is 0 Å². The summed E-state index contributed by atoms with van der Waals surface area (Å²) in [7, 11) is 0. The maximum absolute atomic E-state index is 12.0. The van der Waals surface area contributed by atoms with Gasteiger partial charge in [-0.3, -0.25) is 4.79 Å². The van der Waals surface area contributed by atoms with Crippen molar-refractivity contribution in [3.05, 3.63) is 39.7 Å². The van der Waals surface area contributed by atoms with Gasteiger partial charge in [-0.15, -0.1) is 0 Å². The van der Waals surface area contributed by atoms with Crippen LogP contribution in [-0.2, 0) is 4.79 Å². The molecule has 0 saturated carbocycles. The highest BCUT2D eigenvalue weighted by molar-refractivity contribution is 5.81. The van der Waals surface area contributed by atoms with Crippen molar-refractivity contribution in [3.8, 4) is 34.8 Å². The summed E-state index contributed by atoms with van der Waals surface area (Å²) in [6.07, 6.45) is -1.12. The third kappa shape index (κ3) is 3.83. The number of H-pyrrole nitrogens is 1. The average molecular weight is 368 g/mol. The fourth-order valence-corrected chi connectivity index (χ4v) is 2.40. The van der Waals surface area contributed by atoms with Gasteiger partial charge in [-0.2, -0.15) is 10.5 Å². The minimum Gasteiger partial charge on any atom is -0.490 e. The number of carboxylic acid groups (broad SMARTS) is 1. The molecule has 0 bridgehead atoms. The normalized spacial score (nSPS) is 11.1. The first-order valence-corrected chi connectivity index (χ1v) is 7.86. The number of nitriles is 2. The summed E-state index contributed by atoms with van der Waals surface area (Å²) in [4.78, 5) is 25.3. The lowest BCUT2D eigenvalue weighted by Gasteiger charge is -2.16. The van der Waals surface area contributed by atoms with Gasteiger partial charge in [0, 0.05) is 5.56 Å². The highest BCUT2D eigenvalue weighted by atomic mass is 16.5. The number of aromatic nitrogens is 1. The van der Waals surface area contributed by atoms with E-state index >= 15 is 0 Å². The standard InChI is InChI=1S/C18H16N4O5/c1-3-26-14-6-10(4-5-13(14)27-9(2)18(24)25)15-11(7-19)16(21)22-17(23)12(15)8-20/h4-6,9H,3H2,1-2H3,(H,24,25)(H3,21,22,23). The second kappa shape index (κ2) is 7.93. The van der Waals surface area contributed by atoms with Crippen LogP contribution in [0.4, 0.5) is 5.82 Å². The van der Waals surface area contributed by atoms with E-state index in [-0.39, 0.29) is 40.6 Å². The van der Waals surface area contributed by atoms with E-state index in [1.165, 1.54) is 25.1 Å². The molecule has 27 heavy (non-hydrogen) atoms. The minimum atomic E-state index is -1.15. The second-order valence-corrected chi connectivity index (χ2v) is 5.41. The third-order valence-electron chi connectivity index (χ3n) is 3.65. The number of nitrogen functional groups attached to an aromatic ring is 1. The van der Waals surface area contributed by atoms with Crippen LogP contribution >= 0.6 is 0 Å². The highest BCUT2D eigenvalue weighted by Crippen LogP contribution is 2.36. The zero-order chi connectivity index (χ0) is 20.1. The van der Waals surface area contributed by atoms with E-state index in [4.69, 9.17) is 20.3 Å². The first-order chi connectivity index (χ1) is 12.8. The average Bonchev–Trinajstić information content (AvgIpc) is 2.62. The molecule has 0 amide bonds. The second-order valence-electron chi connectivity index (χ2n) is 5.41. The van der Waals surface area contributed by atoms with Gasteiger partial charge in [0.25, 0.3) is 5.56 Å². The zero-order valence-electron chi connectivity index (χ0n) is 14.6. The van der Waals surface area contributed by atoms with Crippen LogP contribution in [0.25, 0.3) is 11.1 Å². The number of anilines is 1. The molecular weight excluding hydrogens is 352 g/mol. The number of carbonyl (C=O) groups is 1. The molecule has 138 valence electrons. The van der Waals surface area contributed by atoms with Gasteiger partial charge < -0.3 is 25.3 Å². The summed E-state index contributed by atoms with van der Waals surface area (Å²) >= 11 is 0. The molecule has 1 aromatic carbocycles. The van der Waals surface area contributed by atoms with E-state index in [0.717, 1.165) is 0 Å². The Morgan fingerprint density at radius 1 is 1.30 bits per heavy atom. The van der Waals surface area contributed by atoms with Gasteiger partial charge in [0.2, 0.25) is 0 Å². The summed E-state index contributed by atoms with van der Waals surface area (Å²) in [5, 5.41) is 27.7. The third-order valence-corrected chi connectivity index (χ3v) is 3.65. The molecule has 0 fully saturated rings. The molecule has 1 atom stereocenters. The summed E-state index contributed by atoms with van der Waals surface area (Å²) in [6, 6.07) is 8.05. The fourth-order valence-electron chi connectivity index (χ4n) is 2.40. The Morgan fingerprint density at radius 3 is 2.52 bits per heavy atom. The number of nitrogens with one attached hydrogen (secondary N) is 1. The number of benzene rings is 1. The Labute approximate surface area is 154 Å². The number of hydrogen-bond donors (Lipinski definition) is 3. The van der Waals surface area contributed by atoms with Crippen molar-refractivity contribution in [2.45, 2.75) is 20.0 Å². The number of aliphatic carboxylic acids is 1. The Bertz CT molecular complexity index is 1030. The van der Waals surface area contributed by atoms with Crippen molar-refractivity contribution >= 4 is 11.8 Å². The highest BCUT2D eigenvalue weighted by Gasteiger charge is 2.21. The molecule has 0 radical (unpaired) electrons. The van der Waals surface area contributed by atoms with Gasteiger partial charge in [-0.05, 0) is 31.5 Å². The van der Waals surface area contributed by atoms with Gasteiger partial charge in [-0.25, -0.2) is 4.79 Å². The van der Waals surface area contributed by atoms with Gasteiger partial charge >= 0.3 is 5.97 Å².